The summed E-state index contributed by atoms with van der Waals surface area (Å²) in [6.45, 7) is 4.57. The van der Waals surface area contributed by atoms with Crippen molar-refractivity contribution in [1.82, 2.24) is 4.90 Å². The minimum Gasteiger partial charge on any atom is -0.478 e. The summed E-state index contributed by atoms with van der Waals surface area (Å²) in [5.41, 5.74) is 2.30. The maximum atomic E-state index is 13.1. The minimum atomic E-state index is -1.29. The van der Waals surface area contributed by atoms with Crippen LogP contribution >= 0.6 is 0 Å². The largest absolute Gasteiger partial charge is 0.478 e. The second kappa shape index (κ2) is 10.6. The number of amides is 1. The van der Waals surface area contributed by atoms with Crippen LogP contribution in [0.15, 0.2) is 48.5 Å². The molecule has 0 radical (unpaired) electrons. The van der Waals surface area contributed by atoms with Crippen LogP contribution in [0.4, 0.5) is 0 Å². The number of nitrogens with zero attached hydrogens (tertiary/aromatic N) is 1. The zero-order chi connectivity index (χ0) is 24.1. The fourth-order valence-electron chi connectivity index (χ4n) is 5.28. The predicted molar refractivity (Wildman–Crippen MR) is 133 cm³/mol. The Morgan fingerprint density at radius 2 is 1.65 bits per heavy atom. The van der Waals surface area contributed by atoms with Crippen LogP contribution in [0.25, 0.3) is 0 Å². The second-order valence-electron chi connectivity index (χ2n) is 10.4. The molecule has 2 aromatic rings. The topological polar surface area (TPSA) is 66.8 Å². The van der Waals surface area contributed by atoms with Gasteiger partial charge < -0.3 is 14.7 Å². The summed E-state index contributed by atoms with van der Waals surface area (Å²) in [5, 5.41) is 9.35. The Kier molecular flexibility index (Phi) is 7.60. The lowest BCUT2D eigenvalue weighted by Crippen LogP contribution is -2.40. The van der Waals surface area contributed by atoms with Crippen LogP contribution in [-0.2, 0) is 16.0 Å². The van der Waals surface area contributed by atoms with Crippen LogP contribution in [-0.4, -0.2) is 40.6 Å². The molecule has 1 atom stereocenters. The van der Waals surface area contributed by atoms with Gasteiger partial charge in [0.2, 0.25) is 5.91 Å². The van der Waals surface area contributed by atoms with Crippen molar-refractivity contribution in [2.75, 3.05) is 13.1 Å². The maximum absolute atomic E-state index is 13.1. The van der Waals surface area contributed by atoms with Crippen molar-refractivity contribution in [3.63, 3.8) is 0 Å². The van der Waals surface area contributed by atoms with Crippen molar-refractivity contribution in [1.29, 1.82) is 0 Å². The molecular weight excluding hydrogens is 426 g/mol. The first kappa shape index (κ1) is 24.3. The molecule has 1 aliphatic heterocycles. The van der Waals surface area contributed by atoms with E-state index in [-0.39, 0.29) is 11.8 Å². The highest BCUT2D eigenvalue weighted by Gasteiger charge is 2.30. The number of rotatable bonds is 7. The standard InChI is InChI=1S/C29H37NO4/c1-29(2,28(32)33)34-26-12-6-10-24(19-26)25-11-7-17-30(20-25)27(31)18-21-13-15-23(16-14-21)22-8-4-3-5-9-22/h6,10,12-16,19,22,25H,3-5,7-9,11,17-18,20H2,1-2H3,(H,32,33). The molecule has 5 nitrogen and oxygen atoms in total. The van der Waals surface area contributed by atoms with E-state index in [1.807, 2.05) is 23.1 Å². The number of likely N-dealkylation sites (tertiary alicyclic amines) is 1. The Balaban J connectivity index is 1.36. The van der Waals surface area contributed by atoms with Crippen LogP contribution in [0.5, 0.6) is 5.75 Å². The lowest BCUT2D eigenvalue weighted by Gasteiger charge is -2.33. The summed E-state index contributed by atoms with van der Waals surface area (Å²) in [5.74, 6) is 0.630. The third-order valence-corrected chi connectivity index (χ3v) is 7.40. The first-order valence-corrected chi connectivity index (χ1v) is 12.7. The highest BCUT2D eigenvalue weighted by molar-refractivity contribution is 5.79. The fourth-order valence-corrected chi connectivity index (χ4v) is 5.28. The number of carboxylic acid groups (broad SMARTS) is 1. The van der Waals surface area contributed by atoms with Gasteiger partial charge in [0.05, 0.1) is 6.42 Å². The van der Waals surface area contributed by atoms with Crippen LogP contribution in [0.1, 0.15) is 87.3 Å². The number of carbonyl (C=O) groups excluding carboxylic acids is 1. The Morgan fingerprint density at radius 1 is 0.941 bits per heavy atom. The molecule has 1 saturated heterocycles. The van der Waals surface area contributed by atoms with E-state index < -0.39 is 11.6 Å². The summed E-state index contributed by atoms with van der Waals surface area (Å²) in [6.07, 6.45) is 8.99. The smallest absolute Gasteiger partial charge is 0.347 e. The van der Waals surface area contributed by atoms with E-state index in [9.17, 15) is 14.7 Å². The molecule has 1 heterocycles. The molecule has 34 heavy (non-hydrogen) atoms. The Morgan fingerprint density at radius 3 is 2.35 bits per heavy atom. The van der Waals surface area contributed by atoms with Gasteiger partial charge in [0, 0.05) is 19.0 Å². The van der Waals surface area contributed by atoms with Crippen molar-refractivity contribution in [3.05, 3.63) is 65.2 Å². The van der Waals surface area contributed by atoms with Gasteiger partial charge in [-0.1, -0.05) is 55.7 Å². The third-order valence-electron chi connectivity index (χ3n) is 7.40. The van der Waals surface area contributed by atoms with Gasteiger partial charge in [-0.2, -0.15) is 0 Å². The average molecular weight is 464 g/mol. The highest BCUT2D eigenvalue weighted by Crippen LogP contribution is 2.33. The van der Waals surface area contributed by atoms with Crippen LogP contribution in [0, 0.1) is 0 Å². The van der Waals surface area contributed by atoms with Crippen molar-refractivity contribution < 1.29 is 19.4 Å². The summed E-state index contributed by atoms with van der Waals surface area (Å²) in [7, 11) is 0. The van der Waals surface area contributed by atoms with Gasteiger partial charge in [0.25, 0.3) is 0 Å². The van der Waals surface area contributed by atoms with Crippen LogP contribution in [0.2, 0.25) is 0 Å². The first-order valence-electron chi connectivity index (χ1n) is 12.7. The Bertz CT molecular complexity index is 991. The number of hydrogen-bond acceptors (Lipinski definition) is 3. The lowest BCUT2D eigenvalue weighted by molar-refractivity contribution is -0.152. The van der Waals surface area contributed by atoms with Crippen molar-refractivity contribution >= 4 is 11.9 Å². The SMILES string of the molecule is CC(C)(Oc1cccc(C2CCCN(C(=O)Cc3ccc(C4CCCCC4)cc3)C2)c1)C(=O)O. The van der Waals surface area contributed by atoms with Crippen molar-refractivity contribution in [2.24, 2.45) is 0 Å². The number of hydrogen-bond donors (Lipinski definition) is 1. The molecule has 0 bridgehead atoms. The number of carboxylic acids is 1. The van der Waals surface area contributed by atoms with E-state index in [0.717, 1.165) is 30.5 Å². The van der Waals surface area contributed by atoms with Crippen LogP contribution in [0.3, 0.4) is 0 Å². The molecule has 0 spiro atoms. The number of benzene rings is 2. The minimum absolute atomic E-state index is 0.175. The van der Waals surface area contributed by atoms with Gasteiger partial charge in [-0.25, -0.2) is 4.79 Å². The average Bonchev–Trinajstić information content (AvgIpc) is 2.85. The summed E-state index contributed by atoms with van der Waals surface area (Å²) in [6, 6.07) is 16.4. The summed E-state index contributed by atoms with van der Waals surface area (Å²) < 4.78 is 5.72. The molecule has 1 aliphatic carbocycles. The molecule has 2 aliphatic rings. The van der Waals surface area contributed by atoms with E-state index in [0.29, 0.717) is 24.6 Å². The molecule has 2 aromatic carbocycles. The van der Waals surface area contributed by atoms with Gasteiger partial charge in [-0.05, 0) is 74.3 Å². The van der Waals surface area contributed by atoms with Gasteiger partial charge in [0.1, 0.15) is 5.75 Å². The molecule has 1 saturated carbocycles. The summed E-state index contributed by atoms with van der Waals surface area (Å²) in [4.78, 5) is 26.5. The van der Waals surface area contributed by atoms with Gasteiger partial charge in [-0.3, -0.25) is 4.79 Å². The zero-order valence-electron chi connectivity index (χ0n) is 20.5. The van der Waals surface area contributed by atoms with Crippen LogP contribution < -0.4 is 4.74 Å². The molecule has 4 rings (SSSR count). The predicted octanol–water partition coefficient (Wildman–Crippen LogP) is 5.93. The quantitative estimate of drug-likeness (QED) is 0.553. The highest BCUT2D eigenvalue weighted by atomic mass is 16.5. The number of aliphatic carboxylic acids is 1. The molecular formula is C29H37NO4. The molecule has 2 fully saturated rings. The molecule has 1 amide bonds. The monoisotopic (exact) mass is 463 g/mol. The molecule has 1 unspecified atom stereocenters. The molecule has 0 aromatic heterocycles. The second-order valence-corrected chi connectivity index (χ2v) is 10.4. The van der Waals surface area contributed by atoms with Gasteiger partial charge in [-0.15, -0.1) is 0 Å². The van der Waals surface area contributed by atoms with Crippen molar-refractivity contribution in [3.8, 4) is 5.75 Å². The molecule has 182 valence electrons. The molecule has 5 heteroatoms. The first-order chi connectivity index (χ1) is 16.3. The van der Waals surface area contributed by atoms with E-state index >= 15 is 0 Å². The molecule has 1 N–H and O–H groups in total. The van der Waals surface area contributed by atoms with Gasteiger partial charge in [0.15, 0.2) is 5.60 Å². The van der Waals surface area contributed by atoms with E-state index in [4.69, 9.17) is 4.74 Å². The number of ether oxygens (including phenoxy) is 1. The number of piperidine rings is 1. The van der Waals surface area contributed by atoms with E-state index in [1.54, 1.807) is 19.9 Å². The third kappa shape index (κ3) is 5.99. The Labute approximate surface area is 203 Å². The fraction of sp³-hybridized carbons (Fsp3) is 0.517. The normalized spacial score (nSPS) is 19.6. The van der Waals surface area contributed by atoms with E-state index in [2.05, 4.69) is 24.3 Å². The Hall–Kier alpha value is -2.82. The van der Waals surface area contributed by atoms with E-state index in [1.165, 1.54) is 37.7 Å². The lowest BCUT2D eigenvalue weighted by atomic mass is 9.84. The maximum Gasteiger partial charge on any atom is 0.347 e. The summed E-state index contributed by atoms with van der Waals surface area (Å²) >= 11 is 0. The van der Waals surface area contributed by atoms with Gasteiger partial charge >= 0.3 is 5.97 Å². The zero-order valence-corrected chi connectivity index (χ0v) is 20.5. The van der Waals surface area contributed by atoms with Crippen molar-refractivity contribution in [2.45, 2.75) is 82.7 Å². The number of carbonyl (C=O) groups is 2.